The quantitative estimate of drug-likeness (QED) is 0.893. The van der Waals surface area contributed by atoms with Crippen LogP contribution in [0.5, 0.6) is 5.75 Å². The van der Waals surface area contributed by atoms with Gasteiger partial charge in [-0.15, -0.1) is 0 Å². The van der Waals surface area contributed by atoms with Crippen molar-refractivity contribution in [2.24, 2.45) is 0 Å². The molecule has 4 heteroatoms. The van der Waals surface area contributed by atoms with E-state index in [2.05, 4.69) is 11.6 Å². The summed E-state index contributed by atoms with van der Waals surface area (Å²) in [6, 6.07) is 4.96. The summed E-state index contributed by atoms with van der Waals surface area (Å²) in [6.07, 6.45) is 4.28. The maximum absolute atomic E-state index is 13.2. The van der Waals surface area contributed by atoms with Crippen LogP contribution >= 0.6 is 11.8 Å². The number of ether oxygens (including phenoxy) is 1. The molecule has 2 unspecified atom stereocenters. The van der Waals surface area contributed by atoms with Gasteiger partial charge in [-0.3, -0.25) is 0 Å². The van der Waals surface area contributed by atoms with Crippen LogP contribution in [0.2, 0.25) is 0 Å². The first kappa shape index (κ1) is 12.7. The molecular weight excluding hydrogens is 237 g/mol. The topological polar surface area (TPSA) is 21.3 Å². The Labute approximate surface area is 106 Å². The van der Waals surface area contributed by atoms with Crippen molar-refractivity contribution >= 4 is 11.8 Å². The summed E-state index contributed by atoms with van der Waals surface area (Å²) < 4.78 is 19.1. The van der Waals surface area contributed by atoms with Crippen LogP contribution in [0.3, 0.4) is 0 Å². The molecule has 0 radical (unpaired) electrons. The van der Waals surface area contributed by atoms with Crippen molar-refractivity contribution in [2.45, 2.75) is 25.0 Å². The number of rotatable bonds is 4. The van der Waals surface area contributed by atoms with Gasteiger partial charge in [0.1, 0.15) is 17.7 Å². The zero-order chi connectivity index (χ0) is 12.3. The molecule has 1 heterocycles. The Morgan fingerprint density at radius 3 is 3.06 bits per heavy atom. The molecule has 2 atom stereocenters. The molecule has 94 valence electrons. The van der Waals surface area contributed by atoms with E-state index in [1.165, 1.54) is 6.07 Å². The van der Waals surface area contributed by atoms with Gasteiger partial charge in [0.05, 0.1) is 0 Å². The van der Waals surface area contributed by atoms with E-state index in [0.29, 0.717) is 0 Å². The van der Waals surface area contributed by atoms with Crippen LogP contribution in [-0.2, 0) is 0 Å². The van der Waals surface area contributed by atoms with Gasteiger partial charge < -0.3 is 10.1 Å². The first-order chi connectivity index (χ1) is 8.24. The predicted octanol–water partition coefficient (Wildman–Crippen LogP) is 2.99. The van der Waals surface area contributed by atoms with Crippen LogP contribution in [0.25, 0.3) is 0 Å². The first-order valence-corrected chi connectivity index (χ1v) is 7.26. The monoisotopic (exact) mass is 255 g/mol. The Kier molecular flexibility index (Phi) is 4.29. The number of halogens is 1. The van der Waals surface area contributed by atoms with E-state index in [-0.39, 0.29) is 18.0 Å². The van der Waals surface area contributed by atoms with Crippen LogP contribution < -0.4 is 10.1 Å². The molecule has 0 bridgehead atoms. The van der Waals surface area contributed by atoms with Gasteiger partial charge in [-0.05, 0) is 43.7 Å². The summed E-state index contributed by atoms with van der Waals surface area (Å²) in [5, 5.41) is 3.24. The minimum absolute atomic E-state index is 0.196. The molecule has 1 aromatic rings. The maximum atomic E-state index is 13.2. The lowest BCUT2D eigenvalue weighted by molar-refractivity contribution is 0.149. The van der Waals surface area contributed by atoms with Gasteiger partial charge in [-0.1, -0.05) is 0 Å². The molecule has 1 aliphatic heterocycles. The molecule has 1 aromatic carbocycles. The molecule has 2 nitrogen and oxygen atoms in total. The number of hydrogen-bond donors (Lipinski definition) is 1. The fourth-order valence-electron chi connectivity index (χ4n) is 2.22. The van der Waals surface area contributed by atoms with E-state index >= 15 is 0 Å². The summed E-state index contributed by atoms with van der Waals surface area (Å²) in [4.78, 5) is 0. The van der Waals surface area contributed by atoms with Crippen molar-refractivity contribution in [3.63, 3.8) is 0 Å². The Hall–Kier alpha value is -0.740. The molecule has 0 spiro atoms. The Balaban J connectivity index is 2.17. The van der Waals surface area contributed by atoms with Crippen molar-refractivity contribution in [3.8, 4) is 5.75 Å². The van der Waals surface area contributed by atoms with Gasteiger partial charge in [0.2, 0.25) is 0 Å². The first-order valence-electron chi connectivity index (χ1n) is 5.87. The van der Waals surface area contributed by atoms with Crippen molar-refractivity contribution in [1.82, 2.24) is 5.32 Å². The average molecular weight is 255 g/mol. The zero-order valence-electron chi connectivity index (χ0n) is 10.2. The van der Waals surface area contributed by atoms with Gasteiger partial charge in [-0.2, -0.15) is 11.8 Å². The normalized spacial score (nSPS) is 23.0. The minimum atomic E-state index is -0.199. The van der Waals surface area contributed by atoms with E-state index < -0.39 is 0 Å². The van der Waals surface area contributed by atoms with Crippen LogP contribution in [-0.4, -0.2) is 25.2 Å². The van der Waals surface area contributed by atoms with E-state index in [9.17, 15) is 4.39 Å². The number of hydrogen-bond acceptors (Lipinski definition) is 3. The largest absolute Gasteiger partial charge is 0.490 e. The second kappa shape index (κ2) is 5.74. The molecular formula is C13H18FNOS. The minimum Gasteiger partial charge on any atom is -0.490 e. The Morgan fingerprint density at radius 1 is 1.53 bits per heavy atom. The Morgan fingerprint density at radius 2 is 2.35 bits per heavy atom. The number of fused-ring (bicyclic) bond motifs is 1. The fraction of sp³-hybridized carbons (Fsp3) is 0.538. The maximum Gasteiger partial charge on any atom is 0.124 e. The van der Waals surface area contributed by atoms with Gasteiger partial charge in [0, 0.05) is 18.0 Å². The van der Waals surface area contributed by atoms with Gasteiger partial charge in [0.15, 0.2) is 0 Å². The van der Waals surface area contributed by atoms with E-state index in [0.717, 1.165) is 29.9 Å². The van der Waals surface area contributed by atoms with Gasteiger partial charge >= 0.3 is 0 Å². The highest BCUT2D eigenvalue weighted by Gasteiger charge is 2.27. The highest BCUT2D eigenvalue weighted by molar-refractivity contribution is 7.98. The van der Waals surface area contributed by atoms with Gasteiger partial charge in [-0.25, -0.2) is 4.39 Å². The molecule has 1 N–H and O–H groups in total. The predicted molar refractivity (Wildman–Crippen MR) is 70.2 cm³/mol. The lowest BCUT2D eigenvalue weighted by Crippen LogP contribution is -2.31. The fourth-order valence-corrected chi connectivity index (χ4v) is 2.71. The average Bonchev–Trinajstić information content (AvgIpc) is 2.35. The molecule has 0 amide bonds. The third-order valence-electron chi connectivity index (χ3n) is 3.13. The molecule has 0 fully saturated rings. The summed E-state index contributed by atoms with van der Waals surface area (Å²) in [7, 11) is 1.91. The zero-order valence-corrected chi connectivity index (χ0v) is 11.0. The standard InChI is InChI=1S/C13H18FNOS/c1-15-12-8-10(5-6-17-2)16-13-4-3-9(14)7-11(12)13/h3-4,7,10,12,15H,5-6,8H2,1-2H3. The lowest BCUT2D eigenvalue weighted by atomic mass is 9.95. The summed E-state index contributed by atoms with van der Waals surface area (Å²) in [6.45, 7) is 0. The van der Waals surface area contributed by atoms with E-state index in [1.807, 2.05) is 18.8 Å². The third kappa shape index (κ3) is 2.93. The van der Waals surface area contributed by atoms with Crippen LogP contribution in [0.4, 0.5) is 4.39 Å². The molecule has 1 aliphatic rings. The second-order valence-corrected chi connectivity index (χ2v) is 5.27. The lowest BCUT2D eigenvalue weighted by Gasteiger charge is -2.32. The highest BCUT2D eigenvalue weighted by atomic mass is 32.2. The second-order valence-electron chi connectivity index (χ2n) is 4.28. The van der Waals surface area contributed by atoms with Crippen molar-refractivity contribution in [3.05, 3.63) is 29.6 Å². The third-order valence-corrected chi connectivity index (χ3v) is 3.78. The van der Waals surface area contributed by atoms with E-state index in [4.69, 9.17) is 4.74 Å². The van der Waals surface area contributed by atoms with Crippen LogP contribution in [0, 0.1) is 5.82 Å². The molecule has 2 rings (SSSR count). The summed E-state index contributed by atoms with van der Waals surface area (Å²) in [5.41, 5.74) is 0.938. The van der Waals surface area contributed by atoms with Crippen molar-refractivity contribution < 1.29 is 9.13 Å². The number of nitrogens with one attached hydrogen (secondary N) is 1. The smallest absolute Gasteiger partial charge is 0.124 e. The Bertz CT molecular complexity index is 386. The molecule has 0 aliphatic carbocycles. The molecule has 0 saturated carbocycles. The van der Waals surface area contributed by atoms with Crippen LogP contribution in [0.1, 0.15) is 24.4 Å². The van der Waals surface area contributed by atoms with Crippen molar-refractivity contribution in [1.29, 1.82) is 0 Å². The molecule has 0 aromatic heterocycles. The van der Waals surface area contributed by atoms with Crippen LogP contribution in [0.15, 0.2) is 18.2 Å². The van der Waals surface area contributed by atoms with Crippen molar-refractivity contribution in [2.75, 3.05) is 19.1 Å². The number of benzene rings is 1. The molecule has 0 saturated heterocycles. The number of thioether (sulfide) groups is 1. The molecule has 17 heavy (non-hydrogen) atoms. The SMILES string of the molecule is CNC1CC(CCSC)Oc2ccc(F)cc21. The van der Waals surface area contributed by atoms with E-state index in [1.54, 1.807) is 12.1 Å². The van der Waals surface area contributed by atoms with Gasteiger partial charge in [0.25, 0.3) is 0 Å². The summed E-state index contributed by atoms with van der Waals surface area (Å²) >= 11 is 1.83. The summed E-state index contributed by atoms with van der Waals surface area (Å²) in [5.74, 6) is 1.72. The highest BCUT2D eigenvalue weighted by Crippen LogP contribution is 2.36.